The SMILES string of the molecule is CCN1CN2CN3CN(CC(=O)c4cccc(Br)c4)C1(C2)C3. The molecule has 0 radical (unpaired) electrons. The van der Waals surface area contributed by atoms with Gasteiger partial charge in [-0.2, -0.15) is 0 Å². The number of Topliss-reactive ketones (excluding diaryl/α,β-unsaturated/α-hetero) is 1. The predicted octanol–water partition coefficient (Wildman–Crippen LogP) is 1.47. The summed E-state index contributed by atoms with van der Waals surface area (Å²) < 4.78 is 0.961. The van der Waals surface area contributed by atoms with Crippen molar-refractivity contribution >= 4 is 21.7 Å². The summed E-state index contributed by atoms with van der Waals surface area (Å²) in [5.74, 6) is 0.207. The number of halogens is 1. The van der Waals surface area contributed by atoms with Gasteiger partial charge >= 0.3 is 0 Å². The number of rotatable bonds is 4. The van der Waals surface area contributed by atoms with Crippen LogP contribution in [0.25, 0.3) is 0 Å². The summed E-state index contributed by atoms with van der Waals surface area (Å²) in [4.78, 5) is 22.5. The van der Waals surface area contributed by atoms with Crippen LogP contribution in [0.3, 0.4) is 0 Å². The Morgan fingerprint density at radius 3 is 2.59 bits per heavy atom. The molecular formula is C16H21BrN4O. The lowest BCUT2D eigenvalue weighted by Gasteiger charge is -2.40. The second-order valence-corrected chi connectivity index (χ2v) is 7.47. The van der Waals surface area contributed by atoms with Gasteiger partial charge < -0.3 is 0 Å². The maximum atomic E-state index is 12.7. The summed E-state index contributed by atoms with van der Waals surface area (Å²) in [6.45, 7) is 8.81. The molecule has 3 atom stereocenters. The van der Waals surface area contributed by atoms with Gasteiger partial charge in [0.1, 0.15) is 5.66 Å². The van der Waals surface area contributed by atoms with E-state index in [0.717, 1.165) is 49.7 Å². The monoisotopic (exact) mass is 364 g/mol. The third kappa shape index (κ3) is 2.25. The van der Waals surface area contributed by atoms with Crippen molar-refractivity contribution < 1.29 is 4.79 Å². The molecule has 4 rings (SSSR count). The van der Waals surface area contributed by atoms with E-state index in [1.54, 1.807) is 0 Å². The highest BCUT2D eigenvalue weighted by Gasteiger charge is 2.57. The molecule has 22 heavy (non-hydrogen) atoms. The van der Waals surface area contributed by atoms with Gasteiger partial charge in [-0.15, -0.1) is 0 Å². The molecule has 3 aliphatic rings. The first kappa shape index (κ1) is 14.8. The van der Waals surface area contributed by atoms with Gasteiger partial charge in [0.05, 0.1) is 26.6 Å². The van der Waals surface area contributed by atoms with Crippen molar-refractivity contribution in [3.63, 3.8) is 0 Å². The van der Waals surface area contributed by atoms with Gasteiger partial charge in [0, 0.05) is 23.1 Å². The van der Waals surface area contributed by atoms with E-state index in [2.05, 4.69) is 42.5 Å². The first-order valence-corrected chi connectivity index (χ1v) is 8.63. The van der Waals surface area contributed by atoms with E-state index in [1.165, 1.54) is 0 Å². The fraction of sp³-hybridized carbons (Fsp3) is 0.562. The zero-order chi connectivity index (χ0) is 15.3. The van der Waals surface area contributed by atoms with Crippen LogP contribution in [0.5, 0.6) is 0 Å². The molecule has 3 aliphatic heterocycles. The van der Waals surface area contributed by atoms with Crippen LogP contribution < -0.4 is 0 Å². The third-order valence-electron chi connectivity index (χ3n) is 5.14. The molecule has 3 bridgehead atoms. The van der Waals surface area contributed by atoms with Gasteiger partial charge in [0.25, 0.3) is 0 Å². The molecule has 0 aromatic heterocycles. The van der Waals surface area contributed by atoms with E-state index >= 15 is 0 Å². The van der Waals surface area contributed by atoms with Crippen molar-refractivity contribution in [3.8, 4) is 0 Å². The van der Waals surface area contributed by atoms with E-state index in [0.29, 0.717) is 6.54 Å². The minimum absolute atomic E-state index is 0.0364. The quantitative estimate of drug-likeness (QED) is 0.755. The van der Waals surface area contributed by atoms with E-state index in [1.807, 2.05) is 24.3 Å². The Kier molecular flexibility index (Phi) is 3.62. The highest BCUT2D eigenvalue weighted by molar-refractivity contribution is 9.10. The molecule has 1 aromatic rings. The molecule has 5 nitrogen and oxygen atoms in total. The number of carbonyl (C=O) groups is 1. The van der Waals surface area contributed by atoms with Crippen molar-refractivity contribution in [3.05, 3.63) is 34.3 Å². The molecule has 1 spiro atoms. The maximum Gasteiger partial charge on any atom is 0.176 e. The van der Waals surface area contributed by atoms with Crippen molar-refractivity contribution in [2.75, 3.05) is 46.2 Å². The summed E-state index contributed by atoms with van der Waals surface area (Å²) in [5, 5.41) is 0. The number of likely N-dealkylation sites (N-methyl/N-ethyl adjacent to an activating group) is 1. The molecule has 1 aromatic carbocycles. The molecule has 3 heterocycles. The molecule has 6 heteroatoms. The summed E-state index contributed by atoms with van der Waals surface area (Å²) in [6, 6.07) is 7.71. The van der Waals surface area contributed by atoms with Crippen LogP contribution >= 0.6 is 15.9 Å². The number of hydrogen-bond donors (Lipinski definition) is 0. The minimum atomic E-state index is 0.0364. The van der Waals surface area contributed by atoms with Crippen molar-refractivity contribution in [1.82, 2.24) is 19.6 Å². The van der Waals surface area contributed by atoms with Crippen LogP contribution in [-0.2, 0) is 0 Å². The van der Waals surface area contributed by atoms with Gasteiger partial charge in [-0.1, -0.05) is 35.0 Å². The van der Waals surface area contributed by atoms with E-state index in [4.69, 9.17) is 0 Å². The van der Waals surface area contributed by atoms with Crippen LogP contribution in [0.1, 0.15) is 17.3 Å². The van der Waals surface area contributed by atoms with Crippen molar-refractivity contribution in [1.29, 1.82) is 0 Å². The number of ketones is 1. The number of carbonyl (C=O) groups excluding carboxylic acids is 1. The zero-order valence-electron chi connectivity index (χ0n) is 12.8. The van der Waals surface area contributed by atoms with Gasteiger partial charge in [0.2, 0.25) is 0 Å². The lowest BCUT2D eigenvalue weighted by molar-refractivity contribution is 0.0246. The largest absolute Gasteiger partial charge is 0.293 e. The summed E-state index contributed by atoms with van der Waals surface area (Å²) in [7, 11) is 0. The molecular weight excluding hydrogens is 344 g/mol. The fourth-order valence-electron chi connectivity index (χ4n) is 4.20. The summed E-state index contributed by atoms with van der Waals surface area (Å²) in [6.07, 6.45) is 0. The zero-order valence-corrected chi connectivity index (χ0v) is 14.4. The van der Waals surface area contributed by atoms with Gasteiger partial charge in [-0.25, -0.2) is 0 Å². The Morgan fingerprint density at radius 1 is 1.18 bits per heavy atom. The number of benzene rings is 1. The topological polar surface area (TPSA) is 30.0 Å². The van der Waals surface area contributed by atoms with Crippen LogP contribution in [0.2, 0.25) is 0 Å². The molecule has 0 saturated carbocycles. The van der Waals surface area contributed by atoms with Crippen molar-refractivity contribution in [2.24, 2.45) is 0 Å². The molecule has 3 saturated heterocycles. The Hall–Kier alpha value is -0.790. The predicted molar refractivity (Wildman–Crippen MR) is 88.3 cm³/mol. The van der Waals surface area contributed by atoms with E-state index in [9.17, 15) is 4.79 Å². The van der Waals surface area contributed by atoms with Crippen LogP contribution in [0, 0.1) is 0 Å². The fourth-order valence-corrected chi connectivity index (χ4v) is 4.60. The standard InChI is InChI=1S/C16H21BrN4O/c1-2-20-11-18-8-16(20)9-19(10-18)12-21(16)7-15(22)13-4-3-5-14(17)6-13/h3-6H,2,7-12H2,1H3. The lowest BCUT2D eigenvalue weighted by Crippen LogP contribution is -2.59. The van der Waals surface area contributed by atoms with E-state index in [-0.39, 0.29) is 11.4 Å². The molecule has 0 N–H and O–H groups in total. The first-order valence-electron chi connectivity index (χ1n) is 7.84. The lowest BCUT2D eigenvalue weighted by atomic mass is 10.1. The first-order chi connectivity index (χ1) is 10.6. The van der Waals surface area contributed by atoms with E-state index < -0.39 is 0 Å². The Morgan fingerprint density at radius 2 is 1.91 bits per heavy atom. The van der Waals surface area contributed by atoms with Gasteiger partial charge in [-0.3, -0.25) is 24.4 Å². The minimum Gasteiger partial charge on any atom is -0.293 e. The molecule has 3 unspecified atom stereocenters. The normalized spacial score (nSPS) is 34.3. The van der Waals surface area contributed by atoms with Crippen LogP contribution in [0.4, 0.5) is 0 Å². The molecule has 118 valence electrons. The van der Waals surface area contributed by atoms with Crippen LogP contribution in [0.15, 0.2) is 28.7 Å². The van der Waals surface area contributed by atoms with Gasteiger partial charge in [0.15, 0.2) is 5.78 Å². The average Bonchev–Trinajstić information content (AvgIpc) is 2.91. The average molecular weight is 365 g/mol. The Labute approximate surface area is 139 Å². The Bertz CT molecular complexity index is 606. The van der Waals surface area contributed by atoms with Gasteiger partial charge in [-0.05, 0) is 18.7 Å². The maximum absolute atomic E-state index is 12.7. The third-order valence-corrected chi connectivity index (χ3v) is 5.63. The molecule has 0 aliphatic carbocycles. The summed E-state index contributed by atoms with van der Waals surface area (Å²) in [5.41, 5.74) is 0.828. The second kappa shape index (κ2) is 5.39. The highest BCUT2D eigenvalue weighted by Crippen LogP contribution is 2.38. The highest BCUT2D eigenvalue weighted by atomic mass is 79.9. The smallest absolute Gasteiger partial charge is 0.176 e. The Balaban J connectivity index is 1.57. The number of nitrogens with zero attached hydrogens (tertiary/aromatic N) is 4. The second-order valence-electron chi connectivity index (χ2n) is 6.55. The molecule has 0 amide bonds. The number of hydrogen-bond acceptors (Lipinski definition) is 5. The molecule has 3 fully saturated rings. The van der Waals surface area contributed by atoms with Crippen LogP contribution in [-0.4, -0.2) is 77.2 Å². The van der Waals surface area contributed by atoms with Crippen molar-refractivity contribution in [2.45, 2.75) is 12.6 Å². The summed E-state index contributed by atoms with van der Waals surface area (Å²) >= 11 is 3.45. The number of fused-ring (bicyclic) bond motifs is 2.